The van der Waals surface area contributed by atoms with Gasteiger partial charge in [-0.3, -0.25) is 4.79 Å². The van der Waals surface area contributed by atoms with Crippen LogP contribution in [0.25, 0.3) is 11.4 Å². The summed E-state index contributed by atoms with van der Waals surface area (Å²) in [6.07, 6.45) is 4.98. The molecule has 0 amide bonds. The lowest BCUT2D eigenvalue weighted by atomic mass is 9.58. The summed E-state index contributed by atoms with van der Waals surface area (Å²) in [5.74, 6) is 1.24. The fourth-order valence-electron chi connectivity index (χ4n) is 4.70. The number of Topliss-reactive ketones (excluding diaryl/α,β-unsaturated/α-hetero) is 1. The highest BCUT2D eigenvalue weighted by Crippen LogP contribution is 2.50. The predicted molar refractivity (Wildman–Crippen MR) is 105 cm³/mol. The zero-order chi connectivity index (χ0) is 20.8. The Kier molecular flexibility index (Phi) is 4.58. The molecule has 0 aliphatic heterocycles. The number of allylic oxidation sites excluding steroid dienone is 2. The number of ketones is 1. The molecule has 0 spiro atoms. The Morgan fingerprint density at radius 3 is 2.76 bits per heavy atom. The van der Waals surface area contributed by atoms with E-state index in [2.05, 4.69) is 23.0 Å². The van der Waals surface area contributed by atoms with Crippen molar-refractivity contribution in [2.24, 2.45) is 11.8 Å². The minimum absolute atomic E-state index is 0.0685. The third kappa shape index (κ3) is 2.87. The summed E-state index contributed by atoms with van der Waals surface area (Å²) >= 11 is 0. The normalized spacial score (nSPS) is 25.3. The minimum atomic E-state index is -0.548. The lowest BCUT2D eigenvalue weighted by Crippen LogP contribution is -2.46. The molecular weight excluding hydrogens is 368 g/mol. The van der Waals surface area contributed by atoms with Crippen LogP contribution in [0, 0.1) is 23.2 Å². The van der Waals surface area contributed by atoms with Crippen molar-refractivity contribution in [3.63, 3.8) is 0 Å². The van der Waals surface area contributed by atoms with Crippen molar-refractivity contribution in [3.05, 3.63) is 41.2 Å². The number of pyridine rings is 1. The van der Waals surface area contributed by atoms with E-state index >= 15 is 0 Å². The molecule has 2 aromatic heterocycles. The smallest absolute Gasteiger partial charge is 0.220 e. The molecule has 0 saturated carbocycles. The Bertz CT molecular complexity index is 1070. The Labute approximate surface area is 169 Å². The third-order valence-corrected chi connectivity index (χ3v) is 6.20. The van der Waals surface area contributed by atoms with Crippen LogP contribution in [0.15, 0.2) is 30.0 Å². The topological polar surface area (TPSA) is 98.0 Å². The Balaban J connectivity index is 1.95. The number of methoxy groups -OCH3 is 2. The molecule has 0 fully saturated rings. The maximum absolute atomic E-state index is 12.6. The first-order valence-electron chi connectivity index (χ1n) is 9.56. The number of aromatic nitrogens is 3. The van der Waals surface area contributed by atoms with E-state index < -0.39 is 5.41 Å². The van der Waals surface area contributed by atoms with Crippen LogP contribution in [0.4, 0.5) is 0 Å². The van der Waals surface area contributed by atoms with E-state index in [0.717, 1.165) is 29.7 Å². The summed E-state index contributed by atoms with van der Waals surface area (Å²) in [5.41, 5.74) is 2.17. The van der Waals surface area contributed by atoms with Crippen LogP contribution >= 0.6 is 0 Å². The zero-order valence-corrected chi connectivity index (χ0v) is 16.9. The number of nitriles is 1. The molecular formula is C22H22N4O3. The van der Waals surface area contributed by atoms with E-state index in [0.29, 0.717) is 17.6 Å². The highest BCUT2D eigenvalue weighted by Gasteiger charge is 2.49. The van der Waals surface area contributed by atoms with Crippen molar-refractivity contribution in [2.75, 3.05) is 14.2 Å². The fraction of sp³-hybridized carbons (Fsp3) is 0.409. The van der Waals surface area contributed by atoms with Gasteiger partial charge in [-0.2, -0.15) is 10.2 Å². The number of carbonyl (C=O) groups excluding carboxylic acids is 1. The predicted octanol–water partition coefficient (Wildman–Crippen LogP) is 3.04. The van der Waals surface area contributed by atoms with E-state index in [1.54, 1.807) is 32.6 Å². The van der Waals surface area contributed by atoms with Gasteiger partial charge in [-0.15, -0.1) is 0 Å². The van der Waals surface area contributed by atoms with Crippen LogP contribution in [0.2, 0.25) is 0 Å². The van der Waals surface area contributed by atoms with Crippen LogP contribution in [0.3, 0.4) is 0 Å². The van der Waals surface area contributed by atoms with Crippen molar-refractivity contribution >= 4 is 5.78 Å². The van der Waals surface area contributed by atoms with Crippen LogP contribution in [-0.4, -0.2) is 35.0 Å². The van der Waals surface area contributed by atoms with Gasteiger partial charge in [0.25, 0.3) is 0 Å². The number of ether oxygens (including phenoxy) is 2. The first kappa shape index (κ1) is 19.1. The van der Waals surface area contributed by atoms with E-state index in [4.69, 9.17) is 14.5 Å². The van der Waals surface area contributed by atoms with Gasteiger partial charge in [-0.25, -0.2) is 9.97 Å². The number of fused-ring (bicyclic) bond motifs is 3. The average molecular weight is 390 g/mol. The van der Waals surface area contributed by atoms with Crippen LogP contribution in [-0.2, 0) is 16.6 Å². The van der Waals surface area contributed by atoms with Gasteiger partial charge in [-0.1, -0.05) is 19.9 Å². The molecule has 0 saturated heterocycles. The molecule has 2 heterocycles. The third-order valence-electron chi connectivity index (χ3n) is 6.20. The second-order valence-corrected chi connectivity index (χ2v) is 7.72. The molecule has 0 N–H and O–H groups in total. The molecule has 2 aromatic rings. The molecule has 0 unspecified atom stereocenters. The van der Waals surface area contributed by atoms with Crippen molar-refractivity contribution in [2.45, 2.75) is 32.1 Å². The molecule has 7 nitrogen and oxygen atoms in total. The summed E-state index contributed by atoms with van der Waals surface area (Å²) < 4.78 is 10.8. The van der Waals surface area contributed by atoms with Gasteiger partial charge in [-0.05, 0) is 24.8 Å². The second-order valence-electron chi connectivity index (χ2n) is 7.72. The van der Waals surface area contributed by atoms with Gasteiger partial charge in [0, 0.05) is 34.7 Å². The van der Waals surface area contributed by atoms with Gasteiger partial charge in [0.15, 0.2) is 11.6 Å². The quantitative estimate of drug-likeness (QED) is 0.794. The summed E-state index contributed by atoms with van der Waals surface area (Å²) in [6, 6.07) is 5.66. The number of carbonyl (C=O) groups is 1. The number of nitrogens with zero attached hydrogens (tertiary/aromatic N) is 4. The lowest BCUT2D eigenvalue weighted by Gasteiger charge is -2.45. The van der Waals surface area contributed by atoms with Crippen molar-refractivity contribution < 1.29 is 14.3 Å². The molecule has 4 rings (SSSR count). The minimum Gasteiger partial charge on any atom is -0.481 e. The maximum atomic E-state index is 12.6. The highest BCUT2D eigenvalue weighted by atomic mass is 16.5. The standard InChI is InChI=1S/C22H22N4O3/c1-12-16-6-5-15-19(22(16,2)10-14(11-23)18(12)27)25-20(26-21(15)29-4)13-7-8-24-17(9-13)28-3/h7-10,12,16H,5-6H2,1-4H3/t12-,16-,22-/m1/s1. The molecule has 7 heteroatoms. The summed E-state index contributed by atoms with van der Waals surface area (Å²) in [5, 5.41) is 9.51. The Morgan fingerprint density at radius 1 is 1.28 bits per heavy atom. The Morgan fingerprint density at radius 2 is 2.07 bits per heavy atom. The summed E-state index contributed by atoms with van der Waals surface area (Å²) in [7, 11) is 3.15. The van der Waals surface area contributed by atoms with Gasteiger partial charge in [0.05, 0.1) is 25.5 Å². The lowest BCUT2D eigenvalue weighted by molar-refractivity contribution is -0.121. The highest BCUT2D eigenvalue weighted by molar-refractivity contribution is 6.02. The molecule has 29 heavy (non-hydrogen) atoms. The van der Waals surface area contributed by atoms with E-state index in [1.807, 2.05) is 13.0 Å². The largest absolute Gasteiger partial charge is 0.481 e. The van der Waals surface area contributed by atoms with Crippen molar-refractivity contribution in [3.8, 4) is 29.2 Å². The van der Waals surface area contributed by atoms with Crippen molar-refractivity contribution in [1.82, 2.24) is 15.0 Å². The first-order valence-corrected chi connectivity index (χ1v) is 9.56. The zero-order valence-electron chi connectivity index (χ0n) is 16.9. The van der Waals surface area contributed by atoms with Gasteiger partial charge in [0.1, 0.15) is 6.07 Å². The number of hydrogen-bond donors (Lipinski definition) is 0. The fourth-order valence-corrected chi connectivity index (χ4v) is 4.70. The van der Waals surface area contributed by atoms with Crippen LogP contribution in [0.1, 0.15) is 31.5 Å². The number of hydrogen-bond acceptors (Lipinski definition) is 7. The van der Waals surface area contributed by atoms with Crippen molar-refractivity contribution in [1.29, 1.82) is 5.26 Å². The molecule has 148 valence electrons. The average Bonchev–Trinajstić information content (AvgIpc) is 2.75. The first-order chi connectivity index (χ1) is 13.9. The van der Waals surface area contributed by atoms with Gasteiger partial charge >= 0.3 is 0 Å². The molecule has 2 aliphatic rings. The molecule has 0 aromatic carbocycles. The molecule has 0 radical (unpaired) electrons. The second kappa shape index (κ2) is 6.96. The van der Waals surface area contributed by atoms with Crippen LogP contribution < -0.4 is 9.47 Å². The monoisotopic (exact) mass is 390 g/mol. The van der Waals surface area contributed by atoms with Crippen LogP contribution in [0.5, 0.6) is 11.8 Å². The number of rotatable bonds is 3. The summed E-state index contributed by atoms with van der Waals surface area (Å²) in [6.45, 7) is 3.97. The molecule has 0 bridgehead atoms. The van der Waals surface area contributed by atoms with Gasteiger partial charge < -0.3 is 9.47 Å². The molecule has 3 atom stereocenters. The SMILES string of the molecule is COc1cc(-c2nc(OC)c3c(n2)[C@]2(C)C=C(C#N)C(=O)[C@H](C)[C@H]2CC3)ccn1. The van der Waals surface area contributed by atoms with E-state index in [1.165, 1.54) is 0 Å². The van der Waals surface area contributed by atoms with Gasteiger partial charge in [0.2, 0.25) is 11.8 Å². The maximum Gasteiger partial charge on any atom is 0.220 e. The van der Waals surface area contributed by atoms with E-state index in [-0.39, 0.29) is 23.2 Å². The molecule has 2 aliphatic carbocycles. The Hall–Kier alpha value is -3.27. The summed E-state index contributed by atoms with van der Waals surface area (Å²) in [4.78, 5) is 26.3. The van der Waals surface area contributed by atoms with E-state index in [9.17, 15) is 10.1 Å².